The molecule has 2 aliphatic rings. The quantitative estimate of drug-likeness (QED) is 0.522. The highest BCUT2D eigenvalue weighted by atomic mass is 14.0. The Morgan fingerprint density at radius 1 is 0.700 bits per heavy atom. The Kier molecular flexibility index (Phi) is 0.353. The Morgan fingerprint density at radius 3 is 1.80 bits per heavy atom. The molecule has 0 aromatic heterocycles. The molecular weight excluding hydrogens is 120 g/mol. The van der Waals surface area contributed by atoms with Gasteiger partial charge in [0, 0.05) is 0 Å². The molecule has 0 spiro atoms. The highest BCUT2D eigenvalue weighted by molar-refractivity contribution is 5.65. The second kappa shape index (κ2) is 2.14. The predicted molar refractivity (Wildman–Crippen MR) is 43.1 cm³/mol. The van der Waals surface area contributed by atoms with Crippen molar-refractivity contribution in [3.8, 4) is 11.1 Å². The van der Waals surface area contributed by atoms with Crippen molar-refractivity contribution < 1.29 is 11.0 Å². The first-order valence-corrected chi connectivity index (χ1v) is 2.75. The molecule has 2 aliphatic carbocycles. The van der Waals surface area contributed by atoms with Crippen molar-refractivity contribution in [2.24, 2.45) is 0 Å². The third kappa shape index (κ3) is 0.781. The zero-order valence-corrected chi connectivity index (χ0v) is 5.00. The third-order valence-electron chi connectivity index (χ3n) is 1.12. The Balaban J connectivity index is 3.14. The fraction of sp³-hybridized carbons (Fsp3) is 0. The lowest BCUT2D eigenvalue weighted by atomic mass is 10.2. The van der Waals surface area contributed by atoms with Crippen LogP contribution in [0.5, 0.6) is 0 Å². The van der Waals surface area contributed by atoms with Crippen molar-refractivity contribution in [1.29, 1.82) is 0 Å². The molecule has 0 unspecified atom stereocenters. The molecule has 0 nitrogen and oxygen atoms in total. The fourth-order valence-corrected chi connectivity index (χ4v) is 0.688. The van der Waals surface area contributed by atoms with E-state index in [-0.39, 0.29) is 11.1 Å². The molecule has 0 heterocycles. The van der Waals surface area contributed by atoms with Crippen LogP contribution in [0.15, 0.2) is 48.3 Å². The predicted octanol–water partition coefficient (Wildman–Crippen LogP) is 2.79. The van der Waals surface area contributed by atoms with E-state index in [1.165, 1.54) is 0 Å². The van der Waals surface area contributed by atoms with Crippen molar-refractivity contribution in [2.75, 3.05) is 0 Å². The van der Waals surface area contributed by atoms with E-state index in [0.29, 0.717) is 0 Å². The maximum atomic E-state index is 7.73. The minimum atomic E-state index is -0.577. The van der Waals surface area contributed by atoms with E-state index < -0.39 is 48.3 Å². The molecular formula is C10H8. The molecule has 0 saturated heterocycles. The van der Waals surface area contributed by atoms with Crippen LogP contribution >= 0.6 is 0 Å². The topological polar surface area (TPSA) is 0 Å². The van der Waals surface area contributed by atoms with Crippen LogP contribution in [0.25, 0.3) is 11.1 Å². The summed E-state index contributed by atoms with van der Waals surface area (Å²) in [4.78, 5) is 0. The minimum Gasteiger partial charge on any atom is -0.0622 e. The molecule has 0 N–H and O–H groups in total. The molecule has 48 valence electrons. The van der Waals surface area contributed by atoms with Gasteiger partial charge < -0.3 is 0 Å². The third-order valence-corrected chi connectivity index (χ3v) is 1.12. The molecule has 0 saturated carbocycles. The molecule has 0 atom stereocenters. The molecule has 0 aliphatic heterocycles. The summed E-state index contributed by atoms with van der Waals surface area (Å²) in [7, 11) is 0. The summed E-state index contributed by atoms with van der Waals surface area (Å²) in [5.41, 5.74) is -0.348. The first kappa shape index (κ1) is 1.65. The molecule has 0 radical (unpaired) electrons. The van der Waals surface area contributed by atoms with Gasteiger partial charge in [-0.25, -0.2) is 0 Å². The summed E-state index contributed by atoms with van der Waals surface area (Å²) in [6, 6.07) is -3.92. The van der Waals surface area contributed by atoms with Gasteiger partial charge in [-0.3, -0.25) is 0 Å². The van der Waals surface area contributed by atoms with Crippen molar-refractivity contribution in [2.45, 2.75) is 0 Å². The van der Waals surface area contributed by atoms with Crippen LogP contribution in [0.4, 0.5) is 0 Å². The second-order valence-corrected chi connectivity index (χ2v) is 1.75. The first-order valence-electron chi connectivity index (χ1n) is 6.75. The average Bonchev–Trinajstić information content (AvgIpc) is 2.55. The van der Waals surface area contributed by atoms with Gasteiger partial charge in [0.15, 0.2) is 0 Å². The van der Waals surface area contributed by atoms with Gasteiger partial charge in [-0.15, -0.1) is 0 Å². The summed E-state index contributed by atoms with van der Waals surface area (Å²) in [5, 5.41) is 0. The van der Waals surface area contributed by atoms with Gasteiger partial charge in [-0.05, 0) is 11.1 Å². The molecule has 10 heavy (non-hydrogen) atoms. The maximum Gasteiger partial charge on any atom is 0.0629 e. The Hall–Kier alpha value is -1.30. The van der Waals surface area contributed by atoms with E-state index in [4.69, 9.17) is 11.0 Å². The van der Waals surface area contributed by atoms with Crippen LogP contribution in [0.2, 0.25) is 0 Å². The van der Waals surface area contributed by atoms with Crippen molar-refractivity contribution >= 4 is 0 Å². The lowest BCUT2D eigenvalue weighted by molar-refractivity contribution is 1.84. The molecule has 2 rings (SSSR count). The SMILES string of the molecule is [2H]c1c([2H])c([2H])c2c([2H])c([2H])c([2H])c-2c([2H])c1[2H]. The standard InChI is InChI=1S/C10H8/c1-2-5-9-7-4-8-10(9)6-3-1/h1-8H/i1D,2D,3D,4D,5D,6D,7D,8D. The summed E-state index contributed by atoms with van der Waals surface area (Å²) >= 11 is 0. The molecule has 0 aromatic rings. The number of rotatable bonds is 0. The Morgan fingerprint density at radius 2 is 1.20 bits per heavy atom. The van der Waals surface area contributed by atoms with E-state index in [2.05, 4.69) is 0 Å². The van der Waals surface area contributed by atoms with Crippen LogP contribution in [-0.4, -0.2) is 0 Å². The van der Waals surface area contributed by atoms with Gasteiger partial charge in [0.25, 0.3) is 0 Å². The Labute approximate surface area is 71.7 Å². The van der Waals surface area contributed by atoms with Crippen LogP contribution < -0.4 is 0 Å². The van der Waals surface area contributed by atoms with E-state index in [0.717, 1.165) is 0 Å². The van der Waals surface area contributed by atoms with Gasteiger partial charge in [-0.1, -0.05) is 48.3 Å². The minimum absolute atomic E-state index is 0.174. The van der Waals surface area contributed by atoms with Gasteiger partial charge in [-0.2, -0.15) is 0 Å². The van der Waals surface area contributed by atoms with Gasteiger partial charge in [0.05, 0.1) is 11.0 Å². The molecule has 0 bridgehead atoms. The molecule has 0 aromatic carbocycles. The number of hydrogen-bond acceptors (Lipinski definition) is 0. The summed E-state index contributed by atoms with van der Waals surface area (Å²) in [5.74, 6) is 0. The lowest BCUT2D eigenvalue weighted by Crippen LogP contribution is -1.59. The van der Waals surface area contributed by atoms with Gasteiger partial charge >= 0.3 is 0 Å². The average molecular weight is 136 g/mol. The monoisotopic (exact) mass is 136 g/mol. The highest BCUT2D eigenvalue weighted by Gasteiger charge is 1.94. The molecule has 0 heteroatoms. The van der Waals surface area contributed by atoms with Crippen molar-refractivity contribution in [3.63, 3.8) is 0 Å². The molecule has 0 fully saturated rings. The van der Waals surface area contributed by atoms with Crippen LogP contribution in [0.3, 0.4) is 0 Å². The molecule has 0 amide bonds. The van der Waals surface area contributed by atoms with E-state index in [1.807, 2.05) is 0 Å². The van der Waals surface area contributed by atoms with E-state index >= 15 is 0 Å². The Bertz CT molecular complexity index is 582. The van der Waals surface area contributed by atoms with E-state index in [9.17, 15) is 0 Å². The zero-order valence-electron chi connectivity index (χ0n) is 13.0. The van der Waals surface area contributed by atoms with Gasteiger partial charge in [0.1, 0.15) is 0 Å². The summed E-state index contributed by atoms with van der Waals surface area (Å²) in [6.45, 7) is 0. The second-order valence-electron chi connectivity index (χ2n) is 1.75. The van der Waals surface area contributed by atoms with Crippen molar-refractivity contribution in [3.05, 3.63) is 48.3 Å². The highest BCUT2D eigenvalue weighted by Crippen LogP contribution is 2.19. The normalized spacial score (nSPS) is 21.2. The van der Waals surface area contributed by atoms with E-state index in [1.54, 1.807) is 0 Å². The number of hydrogen-bond donors (Lipinski definition) is 0. The number of fused-ring (bicyclic) bond motifs is 1. The summed E-state index contributed by atoms with van der Waals surface area (Å²) in [6.07, 6.45) is 0. The lowest BCUT2D eigenvalue weighted by Gasteiger charge is -1.85. The van der Waals surface area contributed by atoms with Gasteiger partial charge in [0.2, 0.25) is 0 Å². The fourth-order valence-electron chi connectivity index (χ4n) is 0.688. The van der Waals surface area contributed by atoms with Crippen LogP contribution in [-0.2, 0) is 0 Å². The van der Waals surface area contributed by atoms with Crippen LogP contribution in [0, 0.1) is 0 Å². The smallest absolute Gasteiger partial charge is 0.0622 e. The van der Waals surface area contributed by atoms with Crippen molar-refractivity contribution in [1.82, 2.24) is 0 Å². The first-order chi connectivity index (χ1) is 8.29. The van der Waals surface area contributed by atoms with Crippen LogP contribution in [0.1, 0.15) is 11.0 Å². The maximum absolute atomic E-state index is 7.73. The zero-order chi connectivity index (χ0) is 13.8. The largest absolute Gasteiger partial charge is 0.0629 e. The summed E-state index contributed by atoms with van der Waals surface area (Å²) < 4.78 is 60.9.